The van der Waals surface area contributed by atoms with Crippen molar-refractivity contribution < 1.29 is 9.18 Å². The Morgan fingerprint density at radius 1 is 1.39 bits per heavy atom. The normalized spacial score (nSPS) is 12.1. The van der Waals surface area contributed by atoms with Gasteiger partial charge in [0.2, 0.25) is 5.91 Å². The van der Waals surface area contributed by atoms with Crippen molar-refractivity contribution in [1.29, 1.82) is 5.26 Å². The Bertz CT molecular complexity index is 488. The predicted octanol–water partition coefficient (Wildman–Crippen LogP) is 3.87. The van der Waals surface area contributed by atoms with Crippen molar-refractivity contribution in [3.05, 3.63) is 28.0 Å². The number of carbonyl (C=O) groups is 1. The van der Waals surface area contributed by atoms with Gasteiger partial charge in [0.15, 0.2) is 0 Å². The third-order valence-electron chi connectivity index (χ3n) is 2.34. The molecule has 0 aliphatic carbocycles. The summed E-state index contributed by atoms with van der Waals surface area (Å²) in [5.74, 6) is -2.07. The molecule has 0 aliphatic rings. The van der Waals surface area contributed by atoms with Crippen molar-refractivity contribution in [3.63, 3.8) is 0 Å². The van der Waals surface area contributed by atoms with Crippen LogP contribution >= 0.6 is 23.2 Å². The van der Waals surface area contributed by atoms with Crippen LogP contribution in [0, 0.1) is 29.0 Å². The van der Waals surface area contributed by atoms with E-state index in [1.807, 2.05) is 6.07 Å². The molecule has 1 N–H and O–H groups in total. The summed E-state index contributed by atoms with van der Waals surface area (Å²) in [6, 6.07) is 3.98. The SMILES string of the molecule is CC(C)C(C#N)C(=O)Nc1c(Cl)cc(F)cc1Cl. The number of benzene rings is 1. The summed E-state index contributed by atoms with van der Waals surface area (Å²) in [5.41, 5.74) is 0.116. The third kappa shape index (κ3) is 3.34. The van der Waals surface area contributed by atoms with E-state index >= 15 is 0 Å². The number of rotatable bonds is 3. The van der Waals surface area contributed by atoms with Crippen LogP contribution in [0.3, 0.4) is 0 Å². The first-order valence-electron chi connectivity index (χ1n) is 5.21. The first-order valence-corrected chi connectivity index (χ1v) is 5.97. The number of carbonyl (C=O) groups excluding carboxylic acids is 1. The second-order valence-electron chi connectivity index (χ2n) is 4.08. The number of halogens is 3. The molecule has 96 valence electrons. The first-order chi connectivity index (χ1) is 8.36. The van der Waals surface area contributed by atoms with Crippen molar-refractivity contribution in [2.24, 2.45) is 11.8 Å². The molecule has 1 unspecified atom stereocenters. The molecule has 1 atom stereocenters. The highest BCUT2D eigenvalue weighted by molar-refractivity contribution is 6.39. The molecule has 0 fully saturated rings. The lowest BCUT2D eigenvalue weighted by Gasteiger charge is -2.14. The van der Waals surface area contributed by atoms with E-state index < -0.39 is 17.6 Å². The van der Waals surface area contributed by atoms with Crippen LogP contribution < -0.4 is 5.32 Å². The maximum Gasteiger partial charge on any atom is 0.242 e. The van der Waals surface area contributed by atoms with Crippen molar-refractivity contribution in [2.45, 2.75) is 13.8 Å². The Hall–Kier alpha value is -1.31. The maximum atomic E-state index is 13.0. The van der Waals surface area contributed by atoms with Crippen LogP contribution in [0.4, 0.5) is 10.1 Å². The molecule has 1 aromatic carbocycles. The van der Waals surface area contributed by atoms with Gasteiger partial charge in [0, 0.05) is 0 Å². The lowest BCUT2D eigenvalue weighted by molar-refractivity contribution is -0.119. The average molecular weight is 289 g/mol. The van der Waals surface area contributed by atoms with E-state index in [0.29, 0.717) is 0 Å². The Kier molecular flexibility index (Phi) is 4.94. The lowest BCUT2D eigenvalue weighted by atomic mass is 9.96. The summed E-state index contributed by atoms with van der Waals surface area (Å²) in [7, 11) is 0. The van der Waals surface area contributed by atoms with Gasteiger partial charge in [-0.1, -0.05) is 37.0 Å². The minimum Gasteiger partial charge on any atom is -0.322 e. The number of nitriles is 1. The molecule has 1 amide bonds. The Labute approximate surface area is 114 Å². The number of amides is 1. The van der Waals surface area contributed by atoms with Crippen LogP contribution in [0.2, 0.25) is 10.0 Å². The Morgan fingerprint density at radius 3 is 2.28 bits per heavy atom. The van der Waals surface area contributed by atoms with Crippen LogP contribution in [-0.2, 0) is 4.79 Å². The number of hydrogen-bond acceptors (Lipinski definition) is 2. The van der Waals surface area contributed by atoms with Crippen molar-refractivity contribution in [3.8, 4) is 6.07 Å². The molecule has 0 aromatic heterocycles. The fraction of sp³-hybridized carbons (Fsp3) is 0.333. The summed E-state index contributed by atoms with van der Waals surface area (Å²) in [4.78, 5) is 11.8. The molecule has 0 bridgehead atoms. The molecule has 6 heteroatoms. The zero-order valence-electron chi connectivity index (χ0n) is 9.80. The Morgan fingerprint density at radius 2 is 1.89 bits per heavy atom. The highest BCUT2D eigenvalue weighted by Gasteiger charge is 2.23. The van der Waals surface area contributed by atoms with Crippen molar-refractivity contribution >= 4 is 34.8 Å². The highest BCUT2D eigenvalue weighted by atomic mass is 35.5. The topological polar surface area (TPSA) is 52.9 Å². The molecule has 0 saturated heterocycles. The van der Waals surface area contributed by atoms with Gasteiger partial charge in [0.25, 0.3) is 0 Å². The minimum absolute atomic E-state index is 0.00574. The van der Waals surface area contributed by atoms with Gasteiger partial charge in [-0.2, -0.15) is 5.26 Å². The molecule has 0 radical (unpaired) electrons. The lowest BCUT2D eigenvalue weighted by Crippen LogP contribution is -2.25. The molecule has 0 aliphatic heterocycles. The molecule has 0 saturated carbocycles. The number of nitrogens with one attached hydrogen (secondary N) is 1. The monoisotopic (exact) mass is 288 g/mol. The van der Waals surface area contributed by atoms with Gasteiger partial charge in [0.1, 0.15) is 11.7 Å². The second-order valence-corrected chi connectivity index (χ2v) is 4.90. The van der Waals surface area contributed by atoms with E-state index in [4.69, 9.17) is 28.5 Å². The second kappa shape index (κ2) is 6.03. The summed E-state index contributed by atoms with van der Waals surface area (Å²) in [6.07, 6.45) is 0. The van der Waals surface area contributed by atoms with Gasteiger partial charge in [-0.15, -0.1) is 0 Å². The third-order valence-corrected chi connectivity index (χ3v) is 2.94. The van der Waals surface area contributed by atoms with Gasteiger partial charge in [-0.25, -0.2) is 4.39 Å². The van der Waals surface area contributed by atoms with E-state index in [2.05, 4.69) is 5.32 Å². The fourth-order valence-electron chi connectivity index (χ4n) is 1.37. The smallest absolute Gasteiger partial charge is 0.242 e. The molecule has 0 spiro atoms. The molecular weight excluding hydrogens is 278 g/mol. The van der Waals surface area contributed by atoms with Gasteiger partial charge >= 0.3 is 0 Å². The van der Waals surface area contributed by atoms with Crippen LogP contribution in [0.15, 0.2) is 12.1 Å². The Balaban J connectivity index is 2.99. The molecule has 1 rings (SSSR count). The summed E-state index contributed by atoms with van der Waals surface area (Å²) < 4.78 is 13.0. The first kappa shape index (κ1) is 14.7. The quantitative estimate of drug-likeness (QED) is 0.918. The van der Waals surface area contributed by atoms with E-state index in [0.717, 1.165) is 12.1 Å². The molecular formula is C12H11Cl2FN2O. The zero-order valence-corrected chi connectivity index (χ0v) is 11.3. The van der Waals surface area contributed by atoms with E-state index in [-0.39, 0.29) is 21.7 Å². The van der Waals surface area contributed by atoms with Gasteiger partial charge in [-0.3, -0.25) is 4.79 Å². The number of hydrogen-bond donors (Lipinski definition) is 1. The number of nitrogens with zero attached hydrogens (tertiary/aromatic N) is 1. The van der Waals surface area contributed by atoms with Crippen molar-refractivity contribution in [1.82, 2.24) is 0 Å². The van der Waals surface area contributed by atoms with Gasteiger partial charge in [-0.05, 0) is 18.1 Å². The van der Waals surface area contributed by atoms with E-state index in [1.165, 1.54) is 0 Å². The average Bonchev–Trinajstić information content (AvgIpc) is 2.23. The van der Waals surface area contributed by atoms with Crippen LogP contribution in [-0.4, -0.2) is 5.91 Å². The van der Waals surface area contributed by atoms with Gasteiger partial charge in [0.05, 0.1) is 21.8 Å². The van der Waals surface area contributed by atoms with Crippen LogP contribution in [0.1, 0.15) is 13.8 Å². The number of anilines is 1. The molecule has 3 nitrogen and oxygen atoms in total. The maximum absolute atomic E-state index is 13.0. The zero-order chi connectivity index (χ0) is 13.9. The molecule has 1 aromatic rings. The summed E-state index contributed by atoms with van der Waals surface area (Å²) in [5, 5.41) is 11.3. The summed E-state index contributed by atoms with van der Waals surface area (Å²) in [6.45, 7) is 3.50. The molecule has 0 heterocycles. The van der Waals surface area contributed by atoms with E-state index in [9.17, 15) is 9.18 Å². The van der Waals surface area contributed by atoms with Gasteiger partial charge < -0.3 is 5.32 Å². The largest absolute Gasteiger partial charge is 0.322 e. The van der Waals surface area contributed by atoms with Crippen LogP contribution in [0.5, 0.6) is 0 Å². The standard InChI is InChI=1S/C12H11Cl2FN2O/c1-6(2)8(5-16)12(18)17-11-9(13)3-7(15)4-10(11)14/h3-4,6,8H,1-2H3,(H,17,18). The molecule has 18 heavy (non-hydrogen) atoms. The minimum atomic E-state index is -0.817. The predicted molar refractivity (Wildman–Crippen MR) is 69.0 cm³/mol. The summed E-state index contributed by atoms with van der Waals surface area (Å²) >= 11 is 11.6. The highest BCUT2D eigenvalue weighted by Crippen LogP contribution is 2.32. The van der Waals surface area contributed by atoms with Crippen LogP contribution in [0.25, 0.3) is 0 Å². The van der Waals surface area contributed by atoms with Crippen molar-refractivity contribution in [2.75, 3.05) is 5.32 Å². The fourth-order valence-corrected chi connectivity index (χ4v) is 1.93. The van der Waals surface area contributed by atoms with E-state index in [1.54, 1.807) is 13.8 Å².